The largest absolute Gasteiger partial charge is 0.508 e. The summed E-state index contributed by atoms with van der Waals surface area (Å²) in [6.07, 6.45) is -0.689. The van der Waals surface area contributed by atoms with Crippen LogP contribution in [0.5, 0.6) is 11.5 Å². The van der Waals surface area contributed by atoms with Gasteiger partial charge in [-0.15, -0.1) is 0 Å². The average molecular weight is 197 g/mol. The number of aliphatic hydroxyl groups is 1. The summed E-state index contributed by atoms with van der Waals surface area (Å²) in [6, 6.07) is 4.07. The van der Waals surface area contributed by atoms with Crippen molar-refractivity contribution in [3.05, 3.63) is 23.8 Å². The molecule has 0 spiro atoms. The summed E-state index contributed by atoms with van der Waals surface area (Å²) < 4.78 is 5.07. The van der Waals surface area contributed by atoms with Crippen molar-refractivity contribution >= 4 is 0 Å². The summed E-state index contributed by atoms with van der Waals surface area (Å²) in [4.78, 5) is 0. The maximum Gasteiger partial charge on any atom is 0.123 e. The fourth-order valence-electron chi connectivity index (χ4n) is 1.24. The summed E-state index contributed by atoms with van der Waals surface area (Å²) in [5, 5.41) is 18.6. The van der Waals surface area contributed by atoms with Gasteiger partial charge in [0.05, 0.1) is 19.3 Å². The van der Waals surface area contributed by atoms with Crippen LogP contribution in [0.2, 0.25) is 0 Å². The van der Waals surface area contributed by atoms with Crippen LogP contribution in [0.3, 0.4) is 0 Å². The van der Waals surface area contributed by atoms with Crippen LogP contribution in [0.4, 0.5) is 0 Å². The molecular formula is C10H15NO3. The van der Waals surface area contributed by atoms with Crippen LogP contribution in [0.25, 0.3) is 0 Å². The van der Waals surface area contributed by atoms with Gasteiger partial charge < -0.3 is 20.7 Å². The third-order valence-corrected chi connectivity index (χ3v) is 2.09. The maximum absolute atomic E-state index is 9.32. The van der Waals surface area contributed by atoms with Crippen molar-refractivity contribution in [1.82, 2.24) is 0 Å². The highest BCUT2D eigenvalue weighted by Crippen LogP contribution is 2.29. The number of methoxy groups -OCH3 is 1. The van der Waals surface area contributed by atoms with E-state index >= 15 is 0 Å². The molecule has 0 saturated carbocycles. The Hall–Kier alpha value is -1.26. The molecule has 0 aliphatic heterocycles. The monoisotopic (exact) mass is 197 g/mol. The van der Waals surface area contributed by atoms with E-state index in [0.29, 0.717) is 11.3 Å². The molecule has 0 amide bonds. The minimum atomic E-state index is -0.689. The highest BCUT2D eigenvalue weighted by atomic mass is 16.5. The molecular weight excluding hydrogens is 182 g/mol. The van der Waals surface area contributed by atoms with E-state index in [-0.39, 0.29) is 5.75 Å². The van der Waals surface area contributed by atoms with Crippen LogP contribution in [-0.4, -0.2) is 23.4 Å². The van der Waals surface area contributed by atoms with Gasteiger partial charge in [0.2, 0.25) is 0 Å². The molecule has 2 atom stereocenters. The number of phenolic OH excluding ortho intramolecular Hbond substituents is 1. The molecule has 0 aliphatic carbocycles. The van der Waals surface area contributed by atoms with E-state index in [0.717, 1.165) is 0 Å². The van der Waals surface area contributed by atoms with Gasteiger partial charge >= 0.3 is 0 Å². The minimum Gasteiger partial charge on any atom is -0.508 e. The first-order valence-corrected chi connectivity index (χ1v) is 4.36. The Bertz CT molecular complexity index is 312. The first kappa shape index (κ1) is 10.8. The van der Waals surface area contributed by atoms with Crippen molar-refractivity contribution in [1.29, 1.82) is 0 Å². The predicted molar refractivity (Wildman–Crippen MR) is 53.3 cm³/mol. The molecule has 4 nitrogen and oxygen atoms in total. The summed E-state index contributed by atoms with van der Waals surface area (Å²) in [5.74, 6) is 0.674. The number of nitrogens with two attached hydrogens (primary N) is 1. The van der Waals surface area contributed by atoms with E-state index in [1.165, 1.54) is 19.2 Å². The standard InChI is InChI=1S/C10H15NO3/c1-6(12)10(11)8-5-7(13)3-4-9(8)14-2/h3-6,10,12-13H,11H2,1-2H3/t6-,10+/m1/s1. The molecule has 0 aromatic heterocycles. The second kappa shape index (κ2) is 4.30. The van der Waals surface area contributed by atoms with Gasteiger partial charge in [0.1, 0.15) is 11.5 Å². The number of hydrogen-bond acceptors (Lipinski definition) is 4. The van der Waals surface area contributed by atoms with Crippen molar-refractivity contribution in [2.24, 2.45) is 5.73 Å². The Morgan fingerprint density at radius 3 is 2.57 bits per heavy atom. The molecule has 0 heterocycles. The maximum atomic E-state index is 9.32. The molecule has 0 bridgehead atoms. The number of aliphatic hydroxyl groups excluding tert-OH is 1. The smallest absolute Gasteiger partial charge is 0.123 e. The van der Waals surface area contributed by atoms with E-state index in [4.69, 9.17) is 10.5 Å². The van der Waals surface area contributed by atoms with Gasteiger partial charge in [0.25, 0.3) is 0 Å². The molecule has 1 rings (SSSR count). The quantitative estimate of drug-likeness (QED) is 0.669. The van der Waals surface area contributed by atoms with E-state index in [2.05, 4.69) is 0 Å². The molecule has 4 heteroatoms. The van der Waals surface area contributed by atoms with Crippen LogP contribution < -0.4 is 10.5 Å². The van der Waals surface area contributed by atoms with Gasteiger partial charge in [-0.05, 0) is 25.1 Å². The van der Waals surface area contributed by atoms with Crippen LogP contribution in [0.15, 0.2) is 18.2 Å². The average Bonchev–Trinajstić information content (AvgIpc) is 2.16. The van der Waals surface area contributed by atoms with Crippen molar-refractivity contribution in [2.75, 3.05) is 7.11 Å². The Morgan fingerprint density at radius 2 is 2.07 bits per heavy atom. The van der Waals surface area contributed by atoms with E-state index in [9.17, 15) is 10.2 Å². The minimum absolute atomic E-state index is 0.108. The fourth-order valence-corrected chi connectivity index (χ4v) is 1.24. The SMILES string of the molecule is COc1ccc(O)cc1[C@@H](N)[C@@H](C)O. The molecule has 0 fully saturated rings. The summed E-state index contributed by atoms with van der Waals surface area (Å²) >= 11 is 0. The van der Waals surface area contributed by atoms with E-state index in [1.54, 1.807) is 13.0 Å². The zero-order valence-corrected chi connectivity index (χ0v) is 8.27. The lowest BCUT2D eigenvalue weighted by Gasteiger charge is -2.18. The number of ether oxygens (including phenoxy) is 1. The molecule has 4 N–H and O–H groups in total. The van der Waals surface area contributed by atoms with Gasteiger partial charge in [-0.2, -0.15) is 0 Å². The first-order chi connectivity index (χ1) is 6.56. The van der Waals surface area contributed by atoms with E-state index in [1.807, 2.05) is 0 Å². The van der Waals surface area contributed by atoms with Crippen LogP contribution in [0, 0.1) is 0 Å². The van der Waals surface area contributed by atoms with E-state index < -0.39 is 12.1 Å². The molecule has 0 radical (unpaired) electrons. The van der Waals surface area contributed by atoms with Gasteiger partial charge in [-0.25, -0.2) is 0 Å². The van der Waals surface area contributed by atoms with Gasteiger partial charge in [-0.1, -0.05) is 0 Å². The lowest BCUT2D eigenvalue weighted by atomic mass is 10.0. The fraction of sp³-hybridized carbons (Fsp3) is 0.400. The molecule has 1 aromatic carbocycles. The Kier molecular flexibility index (Phi) is 3.33. The number of aromatic hydroxyl groups is 1. The molecule has 14 heavy (non-hydrogen) atoms. The Morgan fingerprint density at radius 1 is 1.43 bits per heavy atom. The van der Waals surface area contributed by atoms with Crippen LogP contribution >= 0.6 is 0 Å². The summed E-state index contributed by atoms with van der Waals surface area (Å²) in [5.41, 5.74) is 6.34. The van der Waals surface area contributed by atoms with Crippen molar-refractivity contribution in [3.63, 3.8) is 0 Å². The third-order valence-electron chi connectivity index (χ3n) is 2.09. The molecule has 1 aromatic rings. The summed E-state index contributed by atoms with van der Waals surface area (Å²) in [7, 11) is 1.52. The third kappa shape index (κ3) is 2.16. The second-order valence-corrected chi connectivity index (χ2v) is 3.19. The number of hydrogen-bond donors (Lipinski definition) is 3. The zero-order chi connectivity index (χ0) is 10.7. The molecule has 0 aliphatic rings. The molecule has 0 unspecified atom stereocenters. The van der Waals surface area contributed by atoms with Crippen LogP contribution in [-0.2, 0) is 0 Å². The first-order valence-electron chi connectivity index (χ1n) is 4.36. The predicted octanol–water partition coefficient (Wildman–Crippen LogP) is 0.781. The zero-order valence-electron chi connectivity index (χ0n) is 8.27. The lowest BCUT2D eigenvalue weighted by molar-refractivity contribution is 0.162. The molecule has 0 saturated heterocycles. The van der Waals surface area contributed by atoms with Gasteiger partial charge in [-0.3, -0.25) is 0 Å². The normalized spacial score (nSPS) is 14.9. The summed E-state index contributed by atoms with van der Waals surface area (Å²) in [6.45, 7) is 1.59. The van der Waals surface area contributed by atoms with Crippen LogP contribution in [0.1, 0.15) is 18.5 Å². The van der Waals surface area contributed by atoms with Crippen molar-refractivity contribution in [2.45, 2.75) is 19.1 Å². The van der Waals surface area contributed by atoms with Crippen molar-refractivity contribution in [3.8, 4) is 11.5 Å². The second-order valence-electron chi connectivity index (χ2n) is 3.19. The topological polar surface area (TPSA) is 75.7 Å². The van der Waals surface area contributed by atoms with Crippen molar-refractivity contribution < 1.29 is 14.9 Å². The number of benzene rings is 1. The Labute approximate surface area is 82.9 Å². The molecule has 78 valence electrons. The van der Waals surface area contributed by atoms with Gasteiger partial charge in [0, 0.05) is 5.56 Å². The number of rotatable bonds is 3. The lowest BCUT2D eigenvalue weighted by Crippen LogP contribution is -2.23. The van der Waals surface area contributed by atoms with Gasteiger partial charge in [0.15, 0.2) is 0 Å². The highest BCUT2D eigenvalue weighted by Gasteiger charge is 2.17. The number of phenols is 1. The Balaban J connectivity index is 3.10. The highest BCUT2D eigenvalue weighted by molar-refractivity contribution is 5.41.